The van der Waals surface area contributed by atoms with Crippen molar-refractivity contribution in [1.82, 2.24) is 0 Å². The molecule has 1 heteroatoms. The summed E-state index contributed by atoms with van der Waals surface area (Å²) in [5.74, 6) is 1.88. The van der Waals surface area contributed by atoms with E-state index in [0.717, 1.165) is 0 Å². The highest BCUT2D eigenvalue weighted by molar-refractivity contribution is 7.59. The summed E-state index contributed by atoms with van der Waals surface area (Å²) in [6, 6.07) is 7.09. The van der Waals surface area contributed by atoms with Crippen LogP contribution in [0.4, 0.5) is 0 Å². The Labute approximate surface area is 108 Å². The fourth-order valence-corrected chi connectivity index (χ4v) is 1.70. The molecule has 0 saturated heterocycles. The summed E-state index contributed by atoms with van der Waals surface area (Å²) in [4.78, 5) is 0. The third-order valence-electron chi connectivity index (χ3n) is 3.00. The van der Waals surface area contributed by atoms with E-state index in [-0.39, 0.29) is 13.5 Å². The molecule has 1 aromatic carbocycles. The minimum atomic E-state index is 0. The molecule has 0 radical (unpaired) electrons. The van der Waals surface area contributed by atoms with Crippen LogP contribution in [0.3, 0.4) is 0 Å². The highest BCUT2D eigenvalue weighted by atomic mass is 32.1. The molecule has 0 nitrogen and oxygen atoms in total. The lowest BCUT2D eigenvalue weighted by Crippen LogP contribution is -1.98. The van der Waals surface area contributed by atoms with E-state index in [0.29, 0.717) is 17.8 Å². The summed E-state index contributed by atoms with van der Waals surface area (Å²) in [5, 5.41) is 0. The van der Waals surface area contributed by atoms with Crippen LogP contribution in [0.25, 0.3) is 0 Å². The van der Waals surface area contributed by atoms with E-state index in [4.69, 9.17) is 0 Å². The van der Waals surface area contributed by atoms with Crippen molar-refractivity contribution >= 4 is 13.5 Å². The fraction of sp³-hybridized carbons (Fsp3) is 0.600. The quantitative estimate of drug-likeness (QED) is 0.681. The van der Waals surface area contributed by atoms with Gasteiger partial charge in [0.1, 0.15) is 0 Å². The normalized spacial score (nSPS) is 11.1. The van der Waals surface area contributed by atoms with E-state index in [1.54, 1.807) is 0 Å². The van der Waals surface area contributed by atoms with Crippen molar-refractivity contribution in [2.45, 2.75) is 59.3 Å². The van der Waals surface area contributed by atoms with E-state index in [1.165, 1.54) is 16.7 Å². The Morgan fingerprint density at radius 1 is 0.562 bits per heavy atom. The summed E-state index contributed by atoms with van der Waals surface area (Å²) in [5.41, 5.74) is 4.43. The summed E-state index contributed by atoms with van der Waals surface area (Å²) in [6.45, 7) is 13.6. The zero-order valence-electron chi connectivity index (χ0n) is 11.5. The van der Waals surface area contributed by atoms with Gasteiger partial charge in [0.15, 0.2) is 0 Å². The standard InChI is InChI=1S/C15H24.H2S/c1-10(2)13-7-14(11(3)4)9-15(8-13)12(5)6;/h7-12H,1-6H3;1H2. The molecule has 0 fully saturated rings. The maximum absolute atomic E-state index is 2.36. The summed E-state index contributed by atoms with van der Waals surface area (Å²) >= 11 is 0. The van der Waals surface area contributed by atoms with Gasteiger partial charge < -0.3 is 0 Å². The molecule has 0 bridgehead atoms. The van der Waals surface area contributed by atoms with Crippen LogP contribution < -0.4 is 0 Å². The van der Waals surface area contributed by atoms with Crippen molar-refractivity contribution < 1.29 is 0 Å². The van der Waals surface area contributed by atoms with Crippen LogP contribution >= 0.6 is 13.5 Å². The molecule has 0 saturated carbocycles. The van der Waals surface area contributed by atoms with Crippen LogP contribution in [0.2, 0.25) is 0 Å². The number of hydrogen-bond acceptors (Lipinski definition) is 0. The summed E-state index contributed by atoms with van der Waals surface area (Å²) in [6.07, 6.45) is 0. The van der Waals surface area contributed by atoms with Gasteiger partial charge in [-0.1, -0.05) is 59.7 Å². The van der Waals surface area contributed by atoms with Gasteiger partial charge >= 0.3 is 0 Å². The zero-order valence-corrected chi connectivity index (χ0v) is 12.5. The van der Waals surface area contributed by atoms with Gasteiger partial charge in [-0.3, -0.25) is 0 Å². The zero-order chi connectivity index (χ0) is 11.6. The van der Waals surface area contributed by atoms with E-state index < -0.39 is 0 Å². The Kier molecular flexibility index (Phi) is 6.17. The van der Waals surface area contributed by atoms with Crippen LogP contribution in [0, 0.1) is 0 Å². The van der Waals surface area contributed by atoms with Crippen molar-refractivity contribution in [3.63, 3.8) is 0 Å². The average Bonchev–Trinajstić information content (AvgIpc) is 2.16. The van der Waals surface area contributed by atoms with Crippen molar-refractivity contribution in [3.8, 4) is 0 Å². The highest BCUT2D eigenvalue weighted by Crippen LogP contribution is 2.26. The molecule has 0 aliphatic rings. The molecule has 0 atom stereocenters. The fourth-order valence-electron chi connectivity index (χ4n) is 1.70. The number of rotatable bonds is 3. The third-order valence-corrected chi connectivity index (χ3v) is 3.00. The molecule has 1 rings (SSSR count). The lowest BCUT2D eigenvalue weighted by atomic mass is 9.90. The smallest absolute Gasteiger partial charge is 0.0219 e. The Bertz CT molecular complexity index is 259. The van der Waals surface area contributed by atoms with Gasteiger partial charge in [0.05, 0.1) is 0 Å². The van der Waals surface area contributed by atoms with E-state index in [1.807, 2.05) is 0 Å². The van der Waals surface area contributed by atoms with Crippen LogP contribution in [0.15, 0.2) is 18.2 Å². The molecule has 0 heterocycles. The lowest BCUT2D eigenvalue weighted by molar-refractivity contribution is 0.804. The maximum Gasteiger partial charge on any atom is -0.0219 e. The number of benzene rings is 1. The molecule has 92 valence electrons. The highest BCUT2D eigenvalue weighted by Gasteiger charge is 2.08. The van der Waals surface area contributed by atoms with Crippen molar-refractivity contribution in [1.29, 1.82) is 0 Å². The summed E-state index contributed by atoms with van der Waals surface area (Å²) < 4.78 is 0. The maximum atomic E-state index is 2.36. The molecule has 0 unspecified atom stereocenters. The van der Waals surface area contributed by atoms with Crippen LogP contribution in [-0.2, 0) is 0 Å². The Morgan fingerprint density at radius 2 is 0.750 bits per heavy atom. The number of hydrogen-bond donors (Lipinski definition) is 0. The van der Waals surface area contributed by atoms with Gasteiger partial charge in [-0.2, -0.15) is 13.5 Å². The monoisotopic (exact) mass is 238 g/mol. The molecule has 0 aliphatic carbocycles. The summed E-state index contributed by atoms with van der Waals surface area (Å²) in [7, 11) is 0. The second-order valence-corrected chi connectivity index (χ2v) is 5.40. The largest absolute Gasteiger partial charge is 0.197 e. The first kappa shape index (κ1) is 15.6. The van der Waals surface area contributed by atoms with Gasteiger partial charge in [-0.25, -0.2) is 0 Å². The van der Waals surface area contributed by atoms with Gasteiger partial charge in [0, 0.05) is 0 Å². The first-order valence-corrected chi connectivity index (χ1v) is 6.06. The Morgan fingerprint density at radius 3 is 0.875 bits per heavy atom. The molecule has 0 spiro atoms. The Hall–Kier alpha value is -0.430. The van der Waals surface area contributed by atoms with Gasteiger partial charge in [0.2, 0.25) is 0 Å². The van der Waals surface area contributed by atoms with Gasteiger partial charge in [-0.15, -0.1) is 0 Å². The molecular weight excluding hydrogens is 212 g/mol. The van der Waals surface area contributed by atoms with Crippen molar-refractivity contribution in [2.24, 2.45) is 0 Å². The van der Waals surface area contributed by atoms with Crippen molar-refractivity contribution in [3.05, 3.63) is 34.9 Å². The third kappa shape index (κ3) is 3.86. The molecule has 0 N–H and O–H groups in total. The molecular formula is C15H26S. The molecule has 16 heavy (non-hydrogen) atoms. The first-order valence-electron chi connectivity index (χ1n) is 6.06. The SMILES string of the molecule is CC(C)c1cc(C(C)C)cc(C(C)C)c1.S. The minimum Gasteiger partial charge on any atom is -0.197 e. The van der Waals surface area contributed by atoms with E-state index in [2.05, 4.69) is 59.7 Å². The predicted octanol–water partition coefficient (Wildman–Crippen LogP) is 5.17. The van der Waals surface area contributed by atoms with Gasteiger partial charge in [-0.05, 0) is 34.4 Å². The molecule has 0 aromatic heterocycles. The van der Waals surface area contributed by atoms with Crippen LogP contribution in [-0.4, -0.2) is 0 Å². The molecule has 1 aromatic rings. The van der Waals surface area contributed by atoms with Crippen LogP contribution in [0.5, 0.6) is 0 Å². The van der Waals surface area contributed by atoms with E-state index in [9.17, 15) is 0 Å². The Balaban J connectivity index is 0.00000225. The predicted molar refractivity (Wildman–Crippen MR) is 79.1 cm³/mol. The average molecular weight is 238 g/mol. The molecule has 0 amide bonds. The minimum absolute atomic E-state index is 0. The lowest BCUT2D eigenvalue weighted by Gasteiger charge is -2.16. The van der Waals surface area contributed by atoms with Gasteiger partial charge in [0.25, 0.3) is 0 Å². The van der Waals surface area contributed by atoms with E-state index >= 15 is 0 Å². The topological polar surface area (TPSA) is 0 Å². The second kappa shape index (κ2) is 6.34. The van der Waals surface area contributed by atoms with Crippen LogP contribution in [0.1, 0.15) is 76.0 Å². The molecule has 0 aliphatic heterocycles. The first-order chi connectivity index (χ1) is 6.91. The second-order valence-electron chi connectivity index (χ2n) is 5.40. The van der Waals surface area contributed by atoms with Crippen molar-refractivity contribution in [2.75, 3.05) is 0 Å².